The van der Waals surface area contributed by atoms with E-state index in [1.165, 1.54) is 6.92 Å². The van der Waals surface area contributed by atoms with Gasteiger partial charge in [-0.3, -0.25) is 0 Å². The van der Waals surface area contributed by atoms with Crippen molar-refractivity contribution in [1.29, 1.82) is 0 Å². The molecule has 5 nitrogen and oxygen atoms in total. The largest absolute Gasteiger partial charge is 0.492 e. The van der Waals surface area contributed by atoms with Crippen molar-refractivity contribution in [2.75, 3.05) is 13.2 Å². The van der Waals surface area contributed by atoms with E-state index in [1.54, 1.807) is 12.1 Å². The first kappa shape index (κ1) is 17.9. The lowest BCUT2D eigenvalue weighted by atomic mass is 9.98. The summed E-state index contributed by atoms with van der Waals surface area (Å²) < 4.78 is 32.7. The number of hydrogen-bond acceptors (Lipinski definition) is 4. The molecule has 0 aliphatic rings. The Morgan fingerprint density at radius 3 is 2.38 bits per heavy atom. The Bertz CT molecular complexity index is 580. The Labute approximate surface area is 127 Å². The van der Waals surface area contributed by atoms with Crippen LogP contribution in [0, 0.1) is 6.92 Å². The summed E-state index contributed by atoms with van der Waals surface area (Å²) in [6.07, 6.45) is -0.745. The molecular weight excluding hydrogens is 290 g/mol. The zero-order valence-corrected chi connectivity index (χ0v) is 14.1. The van der Waals surface area contributed by atoms with Crippen LogP contribution in [0.1, 0.15) is 44.7 Å². The van der Waals surface area contributed by atoms with Gasteiger partial charge in [0.1, 0.15) is 10.6 Å². The smallest absolute Gasteiger partial charge is 0.244 e. The van der Waals surface area contributed by atoms with Crippen LogP contribution in [0.5, 0.6) is 5.75 Å². The van der Waals surface area contributed by atoms with Gasteiger partial charge in [0, 0.05) is 6.54 Å². The highest BCUT2D eigenvalue weighted by atomic mass is 32.2. The maximum absolute atomic E-state index is 12.4. The highest BCUT2D eigenvalue weighted by Crippen LogP contribution is 2.31. The number of rotatable bonds is 7. The standard InChI is InChI=1S/C15H25NO4S/c1-6-20-14-7-11(4)13(10(2)3)8-15(14)21(18,19)16-9-12(5)17/h7-8,10,12,16-17H,6,9H2,1-5H3/t12-/m0/s1. The highest BCUT2D eigenvalue weighted by molar-refractivity contribution is 7.89. The van der Waals surface area contributed by atoms with Gasteiger partial charge < -0.3 is 9.84 Å². The molecule has 0 radical (unpaired) electrons. The van der Waals surface area contributed by atoms with Gasteiger partial charge in [-0.1, -0.05) is 13.8 Å². The summed E-state index contributed by atoms with van der Waals surface area (Å²) in [6, 6.07) is 3.42. The monoisotopic (exact) mass is 315 g/mol. The molecule has 1 rings (SSSR count). The molecule has 1 aromatic carbocycles. The van der Waals surface area contributed by atoms with Gasteiger partial charge in [0.25, 0.3) is 0 Å². The summed E-state index contributed by atoms with van der Waals surface area (Å²) in [5.41, 5.74) is 1.97. The minimum absolute atomic E-state index is 0.0290. The first-order valence-corrected chi connectivity index (χ1v) is 8.62. The lowest BCUT2D eigenvalue weighted by Crippen LogP contribution is -2.31. The molecule has 0 aliphatic heterocycles. The zero-order chi connectivity index (χ0) is 16.2. The number of hydrogen-bond donors (Lipinski definition) is 2. The molecule has 6 heteroatoms. The topological polar surface area (TPSA) is 75.6 Å². The molecule has 2 N–H and O–H groups in total. The summed E-state index contributed by atoms with van der Waals surface area (Å²) in [4.78, 5) is 0.124. The third-order valence-electron chi connectivity index (χ3n) is 3.11. The summed E-state index contributed by atoms with van der Waals surface area (Å²) >= 11 is 0. The predicted molar refractivity (Wildman–Crippen MR) is 83.3 cm³/mol. The van der Waals surface area contributed by atoms with E-state index in [2.05, 4.69) is 4.72 Å². The number of benzene rings is 1. The van der Waals surface area contributed by atoms with Crippen molar-refractivity contribution in [3.05, 3.63) is 23.3 Å². The molecule has 0 heterocycles. The minimum Gasteiger partial charge on any atom is -0.492 e. The van der Waals surface area contributed by atoms with Crippen molar-refractivity contribution in [1.82, 2.24) is 4.72 Å². The van der Waals surface area contributed by atoms with Crippen LogP contribution in [0.3, 0.4) is 0 Å². The maximum Gasteiger partial charge on any atom is 0.244 e. The normalized spacial score (nSPS) is 13.5. The fraction of sp³-hybridized carbons (Fsp3) is 0.600. The Morgan fingerprint density at radius 2 is 1.90 bits per heavy atom. The number of nitrogens with one attached hydrogen (secondary N) is 1. The summed E-state index contributed by atoms with van der Waals surface area (Å²) in [6.45, 7) is 9.67. The third kappa shape index (κ3) is 4.69. The van der Waals surface area contributed by atoms with E-state index in [1.807, 2.05) is 27.7 Å². The number of sulfonamides is 1. The van der Waals surface area contributed by atoms with Crippen LogP contribution in [0.15, 0.2) is 17.0 Å². The molecule has 21 heavy (non-hydrogen) atoms. The molecule has 0 unspecified atom stereocenters. The van der Waals surface area contributed by atoms with Gasteiger partial charge in [-0.25, -0.2) is 13.1 Å². The van der Waals surface area contributed by atoms with E-state index in [-0.39, 0.29) is 17.4 Å². The zero-order valence-electron chi connectivity index (χ0n) is 13.3. The van der Waals surface area contributed by atoms with Gasteiger partial charge >= 0.3 is 0 Å². The van der Waals surface area contributed by atoms with Gasteiger partial charge in [0.15, 0.2) is 0 Å². The van der Waals surface area contributed by atoms with E-state index >= 15 is 0 Å². The van der Waals surface area contributed by atoms with Crippen molar-refractivity contribution in [3.63, 3.8) is 0 Å². The summed E-state index contributed by atoms with van der Waals surface area (Å²) in [5, 5.41) is 9.26. The van der Waals surface area contributed by atoms with E-state index in [0.29, 0.717) is 12.4 Å². The Hall–Kier alpha value is -1.11. The van der Waals surface area contributed by atoms with Gasteiger partial charge in [0.05, 0.1) is 12.7 Å². The van der Waals surface area contributed by atoms with Crippen LogP contribution in [0.25, 0.3) is 0 Å². The molecule has 120 valence electrons. The average Bonchev–Trinajstić information content (AvgIpc) is 2.36. The second-order valence-corrected chi connectivity index (χ2v) is 7.18. The van der Waals surface area contributed by atoms with Crippen LogP contribution < -0.4 is 9.46 Å². The SMILES string of the molecule is CCOc1cc(C)c(C(C)C)cc1S(=O)(=O)NC[C@H](C)O. The minimum atomic E-state index is -3.72. The first-order chi connectivity index (χ1) is 9.69. The van der Waals surface area contributed by atoms with Crippen LogP contribution in [0.2, 0.25) is 0 Å². The molecule has 0 aliphatic carbocycles. The van der Waals surface area contributed by atoms with Crippen molar-refractivity contribution in [3.8, 4) is 5.75 Å². The Balaban J connectivity index is 3.33. The molecule has 0 saturated carbocycles. The molecule has 0 amide bonds. The van der Waals surface area contributed by atoms with Gasteiger partial charge in [0.2, 0.25) is 10.0 Å². The van der Waals surface area contributed by atoms with Gasteiger partial charge in [-0.15, -0.1) is 0 Å². The molecule has 0 fully saturated rings. The first-order valence-electron chi connectivity index (χ1n) is 7.14. The lowest BCUT2D eigenvalue weighted by Gasteiger charge is -2.17. The molecule has 0 spiro atoms. The van der Waals surface area contributed by atoms with E-state index in [0.717, 1.165) is 11.1 Å². The highest BCUT2D eigenvalue weighted by Gasteiger charge is 2.22. The number of aliphatic hydroxyl groups excluding tert-OH is 1. The molecule has 0 aromatic heterocycles. The molecular formula is C15H25NO4S. The van der Waals surface area contributed by atoms with E-state index in [4.69, 9.17) is 4.74 Å². The van der Waals surface area contributed by atoms with E-state index < -0.39 is 16.1 Å². The fourth-order valence-corrected chi connectivity index (χ4v) is 3.37. The van der Waals surface area contributed by atoms with Crippen LogP contribution in [-0.2, 0) is 10.0 Å². The third-order valence-corrected chi connectivity index (χ3v) is 4.56. The molecule has 1 aromatic rings. The van der Waals surface area contributed by atoms with Crippen LogP contribution in [0.4, 0.5) is 0 Å². The lowest BCUT2D eigenvalue weighted by molar-refractivity contribution is 0.198. The molecule has 1 atom stereocenters. The van der Waals surface area contributed by atoms with E-state index in [9.17, 15) is 13.5 Å². The van der Waals surface area contributed by atoms with Crippen molar-refractivity contribution in [2.45, 2.75) is 51.5 Å². The second-order valence-electron chi connectivity index (χ2n) is 5.44. The van der Waals surface area contributed by atoms with Crippen LogP contribution in [-0.4, -0.2) is 32.8 Å². The summed E-state index contributed by atoms with van der Waals surface area (Å²) in [7, 11) is -3.72. The predicted octanol–water partition coefficient (Wildman–Crippen LogP) is 2.18. The number of aliphatic hydroxyl groups is 1. The summed E-state index contributed by atoms with van der Waals surface area (Å²) in [5.74, 6) is 0.559. The number of aryl methyl sites for hydroxylation is 1. The van der Waals surface area contributed by atoms with Gasteiger partial charge in [-0.05, 0) is 49.9 Å². The molecule has 0 saturated heterocycles. The van der Waals surface area contributed by atoms with Crippen molar-refractivity contribution < 1.29 is 18.3 Å². The average molecular weight is 315 g/mol. The van der Waals surface area contributed by atoms with Crippen LogP contribution >= 0.6 is 0 Å². The molecule has 0 bridgehead atoms. The second kappa shape index (κ2) is 7.24. The Morgan fingerprint density at radius 1 is 1.29 bits per heavy atom. The quantitative estimate of drug-likeness (QED) is 0.808. The van der Waals surface area contributed by atoms with Gasteiger partial charge in [-0.2, -0.15) is 0 Å². The maximum atomic E-state index is 12.4. The fourth-order valence-electron chi connectivity index (χ4n) is 2.09. The van der Waals surface area contributed by atoms with Crippen molar-refractivity contribution >= 4 is 10.0 Å². The van der Waals surface area contributed by atoms with Crippen molar-refractivity contribution in [2.24, 2.45) is 0 Å². The Kier molecular flexibility index (Phi) is 6.19. The number of ether oxygens (including phenoxy) is 1.